The maximum atomic E-state index is 14.3. The van der Waals surface area contributed by atoms with Gasteiger partial charge in [-0.15, -0.1) is 11.3 Å². The third kappa shape index (κ3) is 4.52. The van der Waals surface area contributed by atoms with Gasteiger partial charge in [-0.2, -0.15) is 8.78 Å². The molecule has 1 aromatic heterocycles. The molecule has 0 aliphatic rings. The quantitative estimate of drug-likeness (QED) is 0.808. The van der Waals surface area contributed by atoms with E-state index in [9.17, 15) is 17.8 Å². The van der Waals surface area contributed by atoms with Gasteiger partial charge in [0.25, 0.3) is 0 Å². The van der Waals surface area contributed by atoms with Gasteiger partial charge in [0.1, 0.15) is 11.0 Å². The Hall–Kier alpha value is -0.930. The first-order valence-electron chi connectivity index (χ1n) is 6.23. The number of ether oxygens (including phenoxy) is 1. The van der Waals surface area contributed by atoms with E-state index in [0.717, 1.165) is 11.3 Å². The first-order chi connectivity index (χ1) is 9.60. The maximum absolute atomic E-state index is 14.3. The third-order valence-electron chi connectivity index (χ3n) is 2.39. The van der Waals surface area contributed by atoms with Crippen LogP contribution in [0.15, 0.2) is 11.6 Å². The topological polar surface area (TPSA) is 68.3 Å². The van der Waals surface area contributed by atoms with Crippen molar-refractivity contribution < 1.29 is 22.5 Å². The molecule has 1 N–H and O–H groups in total. The summed E-state index contributed by atoms with van der Waals surface area (Å²) in [7, 11) is -1.79. The Balaban J connectivity index is 3.09. The largest absolute Gasteiger partial charge is 0.462 e. The van der Waals surface area contributed by atoms with E-state index in [1.54, 1.807) is 20.8 Å². The highest BCUT2D eigenvalue weighted by atomic mass is 32.2. The van der Waals surface area contributed by atoms with Crippen LogP contribution in [-0.2, 0) is 20.5 Å². The van der Waals surface area contributed by atoms with Crippen LogP contribution < -0.4 is 4.72 Å². The first-order valence-corrected chi connectivity index (χ1v) is 8.26. The molecule has 9 heteroatoms. The number of thiazole rings is 1. The molecule has 1 rings (SSSR count). The fourth-order valence-electron chi connectivity index (χ4n) is 1.29. The number of carbonyl (C=O) groups excluding carboxylic acids is 1. The first kappa shape index (κ1) is 18.1. The molecule has 2 atom stereocenters. The second-order valence-electron chi connectivity index (χ2n) is 5.15. The van der Waals surface area contributed by atoms with Gasteiger partial charge in [-0.25, -0.2) is 18.7 Å². The van der Waals surface area contributed by atoms with Crippen molar-refractivity contribution >= 4 is 28.3 Å². The zero-order valence-electron chi connectivity index (χ0n) is 12.2. The lowest BCUT2D eigenvalue weighted by Gasteiger charge is -2.27. The van der Waals surface area contributed by atoms with E-state index in [1.165, 1.54) is 18.5 Å². The highest BCUT2D eigenvalue weighted by molar-refractivity contribution is 7.84. The van der Waals surface area contributed by atoms with Gasteiger partial charge in [0.15, 0.2) is 0 Å². The van der Waals surface area contributed by atoms with Gasteiger partial charge in [0.2, 0.25) is 0 Å². The van der Waals surface area contributed by atoms with E-state index < -0.39 is 33.7 Å². The van der Waals surface area contributed by atoms with Gasteiger partial charge in [0, 0.05) is 11.6 Å². The zero-order valence-corrected chi connectivity index (χ0v) is 13.8. The molecule has 0 saturated carbocycles. The summed E-state index contributed by atoms with van der Waals surface area (Å²) in [6, 6.07) is -1.79. The summed E-state index contributed by atoms with van der Waals surface area (Å²) in [6.45, 7) is 6.18. The van der Waals surface area contributed by atoms with E-state index in [0.29, 0.717) is 0 Å². The lowest BCUT2D eigenvalue weighted by Crippen LogP contribution is -2.47. The highest BCUT2D eigenvalue weighted by Gasteiger charge is 2.52. The predicted molar refractivity (Wildman–Crippen MR) is 77.5 cm³/mol. The van der Waals surface area contributed by atoms with Crippen LogP contribution in [0.1, 0.15) is 38.7 Å². The molecule has 120 valence electrons. The number of hydrogen-bond donors (Lipinski definition) is 1. The summed E-state index contributed by atoms with van der Waals surface area (Å²) in [6.07, 6.45) is 1.34. The molecule has 0 aliphatic heterocycles. The molecule has 0 fully saturated rings. The monoisotopic (exact) mass is 340 g/mol. The average Bonchev–Trinajstić information content (AvgIpc) is 2.87. The lowest BCUT2D eigenvalue weighted by molar-refractivity contribution is -0.175. The predicted octanol–water partition coefficient (Wildman–Crippen LogP) is 2.43. The number of nitrogens with zero attached hydrogens (tertiary/aromatic N) is 1. The number of aromatic nitrogens is 1. The minimum atomic E-state index is -3.87. The Bertz CT molecular complexity index is 501. The highest BCUT2D eigenvalue weighted by Crippen LogP contribution is 2.34. The van der Waals surface area contributed by atoms with E-state index >= 15 is 0 Å². The van der Waals surface area contributed by atoms with Crippen LogP contribution in [0.3, 0.4) is 0 Å². The molecule has 0 aliphatic carbocycles. The minimum absolute atomic E-state index is 0.0225. The third-order valence-corrected chi connectivity index (χ3v) is 4.79. The van der Waals surface area contributed by atoms with E-state index in [-0.39, 0.29) is 11.6 Å². The van der Waals surface area contributed by atoms with Crippen molar-refractivity contribution in [1.29, 1.82) is 0 Å². The lowest BCUT2D eigenvalue weighted by atomic mass is 10.1. The summed E-state index contributed by atoms with van der Waals surface area (Å²) in [5.74, 6) is -5.53. The van der Waals surface area contributed by atoms with E-state index in [2.05, 4.69) is 14.4 Å². The summed E-state index contributed by atoms with van der Waals surface area (Å²) in [5.41, 5.74) is 0. The standard InChI is InChI=1S/C12H18F2N2O3S2/c1-5-19-10(17)12(13,14)8(9-15-6-7-20-9)16-21(18)11(2,3)4/h6-8,16H,5H2,1-4H3/t8?,21-/m1/s1. The summed E-state index contributed by atoms with van der Waals surface area (Å²) in [4.78, 5) is 15.3. The molecule has 0 aromatic carbocycles. The number of esters is 1. The van der Waals surface area contributed by atoms with Gasteiger partial charge in [-0.3, -0.25) is 0 Å². The molecule has 0 spiro atoms. The van der Waals surface area contributed by atoms with Gasteiger partial charge in [-0.1, -0.05) is 0 Å². The number of alkyl halides is 2. The van der Waals surface area contributed by atoms with Crippen LogP contribution in [0.25, 0.3) is 0 Å². The number of carbonyl (C=O) groups is 1. The molecular weight excluding hydrogens is 322 g/mol. The molecular formula is C12H18F2N2O3S2. The van der Waals surface area contributed by atoms with Gasteiger partial charge < -0.3 is 4.74 Å². The Kier molecular flexibility index (Phi) is 5.94. The number of halogens is 2. The second kappa shape index (κ2) is 6.89. The Morgan fingerprint density at radius 2 is 2.14 bits per heavy atom. The number of hydrogen-bond acceptors (Lipinski definition) is 5. The fraction of sp³-hybridized carbons (Fsp3) is 0.667. The molecule has 21 heavy (non-hydrogen) atoms. The normalized spacial score (nSPS) is 15.5. The molecule has 0 amide bonds. The minimum Gasteiger partial charge on any atom is -0.462 e. The van der Waals surface area contributed by atoms with E-state index in [1.807, 2.05) is 0 Å². The Morgan fingerprint density at radius 3 is 2.57 bits per heavy atom. The molecule has 0 radical (unpaired) electrons. The van der Waals surface area contributed by atoms with Crippen molar-refractivity contribution in [2.75, 3.05) is 6.61 Å². The second-order valence-corrected chi connectivity index (χ2v) is 8.07. The van der Waals surface area contributed by atoms with Crippen molar-refractivity contribution in [1.82, 2.24) is 9.71 Å². The van der Waals surface area contributed by atoms with Crippen molar-refractivity contribution in [2.24, 2.45) is 0 Å². The van der Waals surface area contributed by atoms with Crippen LogP contribution in [0.5, 0.6) is 0 Å². The zero-order chi connectivity index (χ0) is 16.3. The van der Waals surface area contributed by atoms with Crippen LogP contribution >= 0.6 is 11.3 Å². The van der Waals surface area contributed by atoms with Crippen LogP contribution in [0, 0.1) is 0 Å². The van der Waals surface area contributed by atoms with Crippen molar-refractivity contribution in [3.63, 3.8) is 0 Å². The van der Waals surface area contributed by atoms with Crippen molar-refractivity contribution in [3.05, 3.63) is 16.6 Å². The Labute approximate surface area is 128 Å². The molecule has 1 unspecified atom stereocenters. The van der Waals surface area contributed by atoms with Crippen molar-refractivity contribution in [2.45, 2.75) is 44.4 Å². The summed E-state index contributed by atoms with van der Waals surface area (Å²) in [5, 5.41) is 1.48. The average molecular weight is 340 g/mol. The SMILES string of the molecule is CCOC(=O)C(F)(F)C(N[S@](=O)C(C)(C)C)c1nccs1. The summed E-state index contributed by atoms with van der Waals surface area (Å²) < 4.78 is 46.6. The van der Waals surface area contributed by atoms with Crippen LogP contribution in [-0.4, -0.2) is 32.4 Å². The van der Waals surface area contributed by atoms with Crippen molar-refractivity contribution in [3.8, 4) is 0 Å². The van der Waals surface area contributed by atoms with Gasteiger partial charge in [-0.05, 0) is 27.7 Å². The smallest absolute Gasteiger partial charge is 0.379 e. The van der Waals surface area contributed by atoms with Crippen LogP contribution in [0.2, 0.25) is 0 Å². The summed E-state index contributed by atoms with van der Waals surface area (Å²) >= 11 is 0.950. The number of nitrogens with one attached hydrogen (secondary N) is 1. The number of rotatable bonds is 6. The molecule has 1 aromatic rings. The molecule has 0 bridgehead atoms. The van der Waals surface area contributed by atoms with Crippen LogP contribution in [0.4, 0.5) is 8.78 Å². The Morgan fingerprint density at radius 1 is 1.52 bits per heavy atom. The molecule has 1 heterocycles. The van der Waals surface area contributed by atoms with Gasteiger partial charge in [0.05, 0.1) is 22.3 Å². The maximum Gasteiger partial charge on any atom is 0.379 e. The van der Waals surface area contributed by atoms with Gasteiger partial charge >= 0.3 is 11.9 Å². The van der Waals surface area contributed by atoms with E-state index in [4.69, 9.17) is 0 Å². The molecule has 5 nitrogen and oxygen atoms in total. The molecule has 0 saturated heterocycles. The fourth-order valence-corrected chi connectivity index (χ4v) is 2.91.